The lowest BCUT2D eigenvalue weighted by molar-refractivity contribution is -0.134. The summed E-state index contributed by atoms with van der Waals surface area (Å²) in [5, 5.41) is 0.968. The van der Waals surface area contributed by atoms with Gasteiger partial charge >= 0.3 is 6.03 Å². The van der Waals surface area contributed by atoms with Crippen LogP contribution in [0.3, 0.4) is 0 Å². The Bertz CT molecular complexity index is 956. The molecule has 4 amide bonds. The van der Waals surface area contributed by atoms with E-state index in [-0.39, 0.29) is 17.8 Å². The predicted octanol–water partition coefficient (Wildman–Crippen LogP) is 2.87. The summed E-state index contributed by atoms with van der Waals surface area (Å²) < 4.78 is 0. The van der Waals surface area contributed by atoms with E-state index >= 15 is 0 Å². The molecule has 2 aromatic rings. The standard InChI is InChI=1S/C22H24N4O3S/c1-24-20(28)22(25(2)21(24)29)10-13-26(14-11-22)19(27)17-8-6-16(7-9-17)15-30-18-5-3-4-12-23-18/h3-9,12H,10-11,13-15H2,1-2H3. The van der Waals surface area contributed by atoms with E-state index in [4.69, 9.17) is 0 Å². The number of aromatic nitrogens is 1. The van der Waals surface area contributed by atoms with Gasteiger partial charge in [0.15, 0.2) is 0 Å². The predicted molar refractivity (Wildman–Crippen MR) is 114 cm³/mol. The Morgan fingerprint density at radius 3 is 2.33 bits per heavy atom. The zero-order chi connectivity index (χ0) is 21.3. The molecule has 1 aromatic carbocycles. The molecule has 4 rings (SSSR count). The zero-order valence-corrected chi connectivity index (χ0v) is 17.9. The Morgan fingerprint density at radius 2 is 1.77 bits per heavy atom. The maximum Gasteiger partial charge on any atom is 0.327 e. The average Bonchev–Trinajstić information content (AvgIpc) is 2.95. The molecular formula is C22H24N4O3S. The molecule has 0 bridgehead atoms. The van der Waals surface area contributed by atoms with E-state index < -0.39 is 5.54 Å². The highest BCUT2D eigenvalue weighted by Gasteiger charge is 2.55. The van der Waals surface area contributed by atoms with Gasteiger partial charge in [0.05, 0.1) is 5.03 Å². The minimum atomic E-state index is -0.810. The van der Waals surface area contributed by atoms with Gasteiger partial charge in [0.25, 0.3) is 11.8 Å². The Labute approximate surface area is 180 Å². The summed E-state index contributed by atoms with van der Waals surface area (Å²) in [5.74, 6) is 0.576. The third-order valence-electron chi connectivity index (χ3n) is 6.02. The van der Waals surface area contributed by atoms with Crippen LogP contribution in [0.5, 0.6) is 0 Å². The lowest BCUT2D eigenvalue weighted by Crippen LogP contribution is -2.56. The van der Waals surface area contributed by atoms with E-state index in [1.54, 1.807) is 29.9 Å². The number of hydrogen-bond donors (Lipinski definition) is 0. The summed E-state index contributed by atoms with van der Waals surface area (Å²) in [6.07, 6.45) is 2.70. The van der Waals surface area contributed by atoms with Crippen molar-refractivity contribution in [2.24, 2.45) is 0 Å². The van der Waals surface area contributed by atoms with Gasteiger partial charge < -0.3 is 9.80 Å². The number of imide groups is 1. The van der Waals surface area contributed by atoms with Crippen molar-refractivity contribution in [2.75, 3.05) is 27.2 Å². The van der Waals surface area contributed by atoms with Gasteiger partial charge in [-0.05, 0) is 42.7 Å². The molecule has 30 heavy (non-hydrogen) atoms. The maximum atomic E-state index is 12.9. The van der Waals surface area contributed by atoms with E-state index in [9.17, 15) is 14.4 Å². The van der Waals surface area contributed by atoms with E-state index in [1.807, 2.05) is 42.5 Å². The Balaban J connectivity index is 1.36. The third-order valence-corrected chi connectivity index (χ3v) is 7.04. The molecular weight excluding hydrogens is 400 g/mol. The lowest BCUT2D eigenvalue weighted by atomic mass is 9.86. The summed E-state index contributed by atoms with van der Waals surface area (Å²) in [5.41, 5.74) is 0.950. The molecule has 0 N–H and O–H groups in total. The van der Waals surface area contributed by atoms with Crippen LogP contribution in [-0.4, -0.2) is 70.3 Å². The highest BCUT2D eigenvalue weighted by molar-refractivity contribution is 7.98. The van der Waals surface area contributed by atoms with Crippen molar-refractivity contribution in [3.8, 4) is 0 Å². The van der Waals surface area contributed by atoms with Crippen LogP contribution in [-0.2, 0) is 10.5 Å². The van der Waals surface area contributed by atoms with Gasteiger partial charge in [-0.1, -0.05) is 18.2 Å². The normalized spacial score (nSPS) is 18.4. The molecule has 1 aromatic heterocycles. The molecule has 0 saturated carbocycles. The number of piperidine rings is 1. The number of hydrogen-bond acceptors (Lipinski definition) is 5. The lowest BCUT2D eigenvalue weighted by Gasteiger charge is -2.40. The highest BCUT2D eigenvalue weighted by Crippen LogP contribution is 2.35. The van der Waals surface area contributed by atoms with E-state index in [0.29, 0.717) is 31.5 Å². The first-order valence-corrected chi connectivity index (χ1v) is 10.9. The molecule has 7 nitrogen and oxygen atoms in total. The zero-order valence-electron chi connectivity index (χ0n) is 17.1. The molecule has 0 radical (unpaired) electrons. The number of pyridine rings is 1. The summed E-state index contributed by atoms with van der Waals surface area (Å²) >= 11 is 1.65. The maximum absolute atomic E-state index is 12.9. The summed E-state index contributed by atoms with van der Waals surface area (Å²) in [6, 6.07) is 13.2. The van der Waals surface area contributed by atoms with Crippen LogP contribution < -0.4 is 0 Å². The van der Waals surface area contributed by atoms with Crippen molar-refractivity contribution in [3.63, 3.8) is 0 Å². The molecule has 3 heterocycles. The molecule has 1 spiro atoms. The Kier molecular flexibility index (Phi) is 5.51. The van der Waals surface area contributed by atoms with Gasteiger partial charge in [-0.15, -0.1) is 11.8 Å². The first-order chi connectivity index (χ1) is 14.4. The van der Waals surface area contributed by atoms with Crippen LogP contribution in [0.1, 0.15) is 28.8 Å². The number of likely N-dealkylation sites (N-methyl/N-ethyl adjacent to an activating group) is 2. The van der Waals surface area contributed by atoms with Crippen molar-refractivity contribution in [1.82, 2.24) is 19.7 Å². The SMILES string of the molecule is CN1C(=O)N(C)C2(CCN(C(=O)c3ccc(CSc4ccccn4)cc3)CC2)C1=O. The van der Waals surface area contributed by atoms with Gasteiger partial charge in [-0.25, -0.2) is 9.78 Å². The molecule has 2 aliphatic heterocycles. The number of thioether (sulfide) groups is 1. The molecule has 2 saturated heterocycles. The van der Waals surface area contributed by atoms with E-state index in [1.165, 1.54) is 16.8 Å². The van der Waals surface area contributed by atoms with Gasteiger partial charge in [0, 0.05) is 44.7 Å². The largest absolute Gasteiger partial charge is 0.338 e. The van der Waals surface area contributed by atoms with Crippen molar-refractivity contribution < 1.29 is 14.4 Å². The van der Waals surface area contributed by atoms with Gasteiger partial charge in [-0.3, -0.25) is 14.5 Å². The fourth-order valence-electron chi connectivity index (χ4n) is 4.10. The quantitative estimate of drug-likeness (QED) is 0.557. The number of benzene rings is 1. The minimum absolute atomic E-state index is 0.0402. The molecule has 8 heteroatoms. The Hall–Kier alpha value is -2.87. The number of amides is 4. The van der Waals surface area contributed by atoms with E-state index in [0.717, 1.165) is 16.3 Å². The second kappa shape index (κ2) is 8.10. The first kappa shape index (κ1) is 20.4. The average molecular weight is 425 g/mol. The second-order valence-electron chi connectivity index (χ2n) is 7.68. The highest BCUT2D eigenvalue weighted by atomic mass is 32.2. The monoisotopic (exact) mass is 424 g/mol. The first-order valence-electron chi connectivity index (χ1n) is 9.90. The fourth-order valence-corrected chi connectivity index (χ4v) is 4.91. The van der Waals surface area contributed by atoms with Crippen molar-refractivity contribution in [2.45, 2.75) is 29.2 Å². The summed E-state index contributed by atoms with van der Waals surface area (Å²) in [4.78, 5) is 46.5. The van der Waals surface area contributed by atoms with Crippen LogP contribution in [0.15, 0.2) is 53.7 Å². The van der Waals surface area contributed by atoms with Gasteiger partial charge in [0.2, 0.25) is 0 Å². The topological polar surface area (TPSA) is 73.8 Å². The third kappa shape index (κ3) is 3.56. The number of urea groups is 1. The summed E-state index contributed by atoms with van der Waals surface area (Å²) in [7, 11) is 3.18. The molecule has 156 valence electrons. The number of nitrogens with zero attached hydrogens (tertiary/aromatic N) is 4. The summed E-state index contributed by atoms with van der Waals surface area (Å²) in [6.45, 7) is 0.903. The molecule has 0 atom stereocenters. The van der Waals surface area contributed by atoms with Crippen LogP contribution in [0, 0.1) is 0 Å². The van der Waals surface area contributed by atoms with Crippen molar-refractivity contribution in [1.29, 1.82) is 0 Å². The van der Waals surface area contributed by atoms with Crippen molar-refractivity contribution >= 4 is 29.6 Å². The van der Waals surface area contributed by atoms with Gasteiger partial charge in [-0.2, -0.15) is 0 Å². The number of rotatable bonds is 4. The molecule has 0 unspecified atom stereocenters. The number of carbonyl (C=O) groups excluding carboxylic acids is 3. The van der Waals surface area contributed by atoms with Crippen molar-refractivity contribution in [3.05, 3.63) is 59.8 Å². The second-order valence-corrected chi connectivity index (χ2v) is 8.68. The van der Waals surface area contributed by atoms with Crippen LogP contribution in [0.25, 0.3) is 0 Å². The molecule has 0 aliphatic carbocycles. The van der Waals surface area contributed by atoms with Crippen LogP contribution in [0.4, 0.5) is 4.79 Å². The van der Waals surface area contributed by atoms with E-state index in [2.05, 4.69) is 4.98 Å². The Morgan fingerprint density at radius 1 is 1.07 bits per heavy atom. The molecule has 2 aliphatic rings. The minimum Gasteiger partial charge on any atom is -0.338 e. The van der Waals surface area contributed by atoms with Crippen LogP contribution in [0.2, 0.25) is 0 Å². The number of carbonyl (C=O) groups is 3. The molecule has 2 fully saturated rings. The fraction of sp³-hybridized carbons (Fsp3) is 0.364. The van der Waals surface area contributed by atoms with Gasteiger partial charge in [0.1, 0.15) is 5.54 Å². The smallest absolute Gasteiger partial charge is 0.327 e. The van der Waals surface area contributed by atoms with Crippen LogP contribution >= 0.6 is 11.8 Å². The number of likely N-dealkylation sites (tertiary alicyclic amines) is 1.